The first-order chi connectivity index (χ1) is 42.4. The maximum atomic E-state index is 12.2. The van der Waals surface area contributed by atoms with Gasteiger partial charge >= 0.3 is 17.9 Å². The van der Waals surface area contributed by atoms with Gasteiger partial charge in [0.05, 0.1) is 30.9 Å². The van der Waals surface area contributed by atoms with Gasteiger partial charge in [-0.15, -0.1) is 0 Å². The summed E-state index contributed by atoms with van der Waals surface area (Å²) in [5.41, 5.74) is 9.61. The van der Waals surface area contributed by atoms with Crippen LogP contribution in [-0.4, -0.2) is 124 Å². The predicted molar refractivity (Wildman–Crippen MR) is 352 cm³/mol. The molecule has 12 nitrogen and oxygen atoms in total. The number of carboxylic acids is 1. The fraction of sp³-hybridized carbons (Fsp3) is 0.716. The fourth-order valence-electron chi connectivity index (χ4n) is 21.0. The van der Waals surface area contributed by atoms with E-state index in [1.54, 1.807) is 30.7 Å². The Hall–Kier alpha value is -4.01. The topological polar surface area (TPSA) is 150 Å². The molecule has 3 aromatic carbocycles. The molecule has 12 bridgehead atoms. The van der Waals surface area contributed by atoms with E-state index in [-0.39, 0.29) is 11.9 Å². The van der Waals surface area contributed by atoms with Crippen LogP contribution in [0.2, 0.25) is 0 Å². The number of aromatic carboxylic acids is 1. The highest BCUT2D eigenvalue weighted by Crippen LogP contribution is 2.50. The molecule has 12 aliphatic rings. The van der Waals surface area contributed by atoms with Crippen molar-refractivity contribution in [1.29, 1.82) is 0 Å². The Balaban J connectivity index is 0.000000119. The molecule has 6 heterocycles. The Kier molecular flexibility index (Phi) is 21.4. The summed E-state index contributed by atoms with van der Waals surface area (Å²) in [5.74, 6) is 4.68. The number of fused-ring (bicyclic) bond motifs is 12. The van der Waals surface area contributed by atoms with E-state index in [0.717, 1.165) is 94.4 Å². The minimum absolute atomic E-state index is 0.250. The lowest BCUT2D eigenvalue weighted by atomic mass is 9.68. The van der Waals surface area contributed by atoms with Gasteiger partial charge in [-0.05, 0) is 223 Å². The van der Waals surface area contributed by atoms with Crippen LogP contribution in [0.4, 0.5) is 11.4 Å². The molecule has 3 aromatic rings. The van der Waals surface area contributed by atoms with Crippen molar-refractivity contribution < 1.29 is 29.0 Å². The summed E-state index contributed by atoms with van der Waals surface area (Å²) in [7, 11) is 2.82. The standard InChI is InChI=1S/C25H36N2O2.C24H34N2O2.C17H30N2.C8H7BrO2/c1-29-25(28)23-10-2-3-11-24(23)26-19-15-20-8-5-9-21(16-19)27(20)22-13-17-6-4-7-18(12-17)14-22;27-24(28)22-9-1-2-10-23(22)25-18-14-19-7-4-8-20(15-18)26(19)21-12-16-5-3-6-17(11-16)13-21;18-14-10-15-5-2-6-16(11-14)19(15)17-8-12-3-1-4-13(7-12)9-17;1-11-8(10)6-4-2-3-5-7(6)9/h2-3,10-11,17-22,26H,4-9,12-16H2,1H3;1-2,9-10,16-21,25H,3-8,11-15H2,(H,27,28);12-17H,1-11,18H2;2-5H,1H3/t17?,18?,19?,20-,21+,22?;16?,17?,18?,19-,20+,21?;12?,13?,14?,15-,16+,17?;. The van der Waals surface area contributed by atoms with E-state index < -0.39 is 5.97 Å². The molecule has 0 amide bonds. The third-order valence-corrected chi connectivity index (χ3v) is 24.9. The molecule has 0 spiro atoms. The minimum Gasteiger partial charge on any atom is -0.478 e. The first kappa shape index (κ1) is 63.2. The van der Waals surface area contributed by atoms with Gasteiger partial charge in [0.15, 0.2) is 0 Å². The molecule has 0 radical (unpaired) electrons. The van der Waals surface area contributed by atoms with Crippen molar-refractivity contribution in [2.75, 3.05) is 24.9 Å². The Bertz CT molecular complexity index is 2690. The Morgan fingerprint density at radius 3 is 1.06 bits per heavy atom. The zero-order valence-corrected chi connectivity index (χ0v) is 54.5. The summed E-state index contributed by atoms with van der Waals surface area (Å²) in [6.07, 6.45) is 46.4. The van der Waals surface area contributed by atoms with Gasteiger partial charge in [-0.2, -0.15) is 0 Å². The van der Waals surface area contributed by atoms with Gasteiger partial charge in [0.25, 0.3) is 0 Å². The molecule has 15 atom stereocenters. The molecule has 9 unspecified atom stereocenters. The minimum atomic E-state index is -0.838. The highest BCUT2D eigenvalue weighted by molar-refractivity contribution is 9.10. The second-order valence-corrected chi connectivity index (χ2v) is 30.7. The summed E-state index contributed by atoms with van der Waals surface area (Å²) < 4.78 is 10.3. The van der Waals surface area contributed by atoms with E-state index in [0.29, 0.717) is 59.0 Å². The van der Waals surface area contributed by atoms with Crippen LogP contribution in [0, 0.1) is 35.5 Å². The molecule has 12 fully saturated rings. The summed E-state index contributed by atoms with van der Waals surface area (Å²) in [6.45, 7) is 0. The lowest BCUT2D eigenvalue weighted by molar-refractivity contribution is -0.0402. The monoisotopic (exact) mass is 1250 g/mol. The maximum absolute atomic E-state index is 12.2. The zero-order chi connectivity index (χ0) is 60.0. The molecule has 6 aliphatic carbocycles. The number of benzene rings is 3. The molecule has 6 saturated carbocycles. The number of para-hydroxylation sites is 2. The van der Waals surface area contributed by atoms with E-state index in [2.05, 4.69) is 46.0 Å². The van der Waals surface area contributed by atoms with Gasteiger partial charge in [-0.1, -0.05) is 113 Å². The largest absolute Gasteiger partial charge is 0.478 e. The first-order valence-corrected chi connectivity index (χ1v) is 36.2. The van der Waals surface area contributed by atoms with Crippen LogP contribution in [0.5, 0.6) is 0 Å². The number of carboxylic acid groups (broad SMARTS) is 1. The third kappa shape index (κ3) is 15.3. The second-order valence-electron chi connectivity index (χ2n) is 29.8. The summed E-state index contributed by atoms with van der Waals surface area (Å²) in [5, 5.41) is 16.8. The molecular weight excluding hydrogens is 1150 g/mol. The molecule has 476 valence electrons. The van der Waals surface area contributed by atoms with Gasteiger partial charge < -0.3 is 30.9 Å². The number of hydrogen-bond donors (Lipinski definition) is 4. The predicted octanol–water partition coefficient (Wildman–Crippen LogP) is 15.9. The highest BCUT2D eigenvalue weighted by Gasteiger charge is 2.48. The number of nitrogens with two attached hydrogens (primary N) is 1. The molecule has 6 aliphatic heterocycles. The van der Waals surface area contributed by atoms with Gasteiger partial charge in [-0.25, -0.2) is 14.4 Å². The zero-order valence-electron chi connectivity index (χ0n) is 52.9. The van der Waals surface area contributed by atoms with Crippen molar-refractivity contribution in [3.05, 3.63) is 94.0 Å². The van der Waals surface area contributed by atoms with Crippen LogP contribution in [0.3, 0.4) is 0 Å². The number of hydrogen-bond acceptors (Lipinski definition) is 11. The Morgan fingerprint density at radius 1 is 0.402 bits per heavy atom. The average Bonchev–Trinajstić information content (AvgIpc) is 1.74. The van der Waals surface area contributed by atoms with E-state index >= 15 is 0 Å². The number of halogens is 1. The third-order valence-electron chi connectivity index (χ3n) is 24.2. The number of nitrogens with one attached hydrogen (secondary N) is 2. The number of ether oxygens (including phenoxy) is 2. The second kappa shape index (κ2) is 29.5. The van der Waals surface area contributed by atoms with Gasteiger partial charge in [0.2, 0.25) is 0 Å². The smallest absolute Gasteiger partial charge is 0.339 e. The van der Waals surface area contributed by atoms with Crippen LogP contribution in [-0.2, 0) is 9.47 Å². The number of carbonyl (C=O) groups is 3. The van der Waals surface area contributed by atoms with E-state index in [1.807, 2.05) is 48.5 Å². The van der Waals surface area contributed by atoms with E-state index in [1.165, 1.54) is 207 Å². The summed E-state index contributed by atoms with van der Waals surface area (Å²) in [6, 6.07) is 30.7. The normalized spacial score (nSPS) is 36.9. The summed E-state index contributed by atoms with van der Waals surface area (Å²) >= 11 is 3.24. The van der Waals surface area contributed by atoms with Crippen molar-refractivity contribution in [1.82, 2.24) is 14.7 Å². The van der Waals surface area contributed by atoms with E-state index in [9.17, 15) is 19.5 Å². The maximum Gasteiger partial charge on any atom is 0.339 e. The van der Waals surface area contributed by atoms with Crippen molar-refractivity contribution in [3.63, 3.8) is 0 Å². The molecule has 0 aromatic heterocycles. The Morgan fingerprint density at radius 2 is 0.701 bits per heavy atom. The van der Waals surface area contributed by atoms with Crippen LogP contribution in [0.1, 0.15) is 243 Å². The highest BCUT2D eigenvalue weighted by atomic mass is 79.9. The lowest BCUT2D eigenvalue weighted by Gasteiger charge is -2.55. The van der Waals surface area contributed by atoms with E-state index in [4.69, 9.17) is 10.5 Å². The number of methoxy groups -OCH3 is 2. The molecule has 15 rings (SSSR count). The van der Waals surface area contributed by atoms with Crippen LogP contribution in [0.25, 0.3) is 0 Å². The van der Waals surface area contributed by atoms with Crippen molar-refractivity contribution in [2.24, 2.45) is 41.2 Å². The molecule has 13 heteroatoms. The summed E-state index contributed by atoms with van der Waals surface area (Å²) in [4.78, 5) is 43.6. The van der Waals surface area contributed by atoms with Crippen LogP contribution < -0.4 is 16.4 Å². The molecule has 87 heavy (non-hydrogen) atoms. The SMILES string of the molecule is COC(=O)c1ccccc1Br.COC(=O)c1ccccc1NC1C[C@H]2CCC[C@@H](C1)N2C1CC2CCCC(C2)C1.NC1C[C@H]2CCC[C@@H](C1)N2C1CC2CCCC(C2)C1.O=C(O)c1ccccc1NC1C[C@H]2CCC[C@@H](C1)N2C1CC2CCCC(C2)C1. The average molecular weight is 1260 g/mol. The molecule has 6 saturated heterocycles. The number of anilines is 2. The van der Waals surface area contributed by atoms with Gasteiger partial charge in [-0.3, -0.25) is 14.7 Å². The lowest BCUT2D eigenvalue weighted by Crippen LogP contribution is -2.60. The Labute approximate surface area is 530 Å². The number of rotatable bonds is 10. The van der Waals surface area contributed by atoms with Crippen molar-refractivity contribution in [2.45, 2.75) is 284 Å². The fourth-order valence-corrected chi connectivity index (χ4v) is 21.5. The molecule has 5 N–H and O–H groups in total. The van der Waals surface area contributed by atoms with Crippen molar-refractivity contribution in [3.8, 4) is 0 Å². The van der Waals surface area contributed by atoms with Crippen LogP contribution in [0.15, 0.2) is 77.3 Å². The van der Waals surface area contributed by atoms with Gasteiger partial charge in [0.1, 0.15) is 0 Å². The quantitative estimate of drug-likeness (QED) is 0.143. The molecular formula is C74H107BrN6O6. The number of piperidine rings is 6. The number of nitrogens with zero attached hydrogens (tertiary/aromatic N) is 3. The van der Waals surface area contributed by atoms with Gasteiger partial charge in [0, 0.05) is 88.3 Å². The first-order valence-electron chi connectivity index (χ1n) is 35.4. The number of carbonyl (C=O) groups excluding carboxylic acids is 2. The van der Waals surface area contributed by atoms with Crippen molar-refractivity contribution >= 4 is 45.2 Å². The number of esters is 2. The van der Waals surface area contributed by atoms with Crippen LogP contribution >= 0.6 is 15.9 Å².